The highest BCUT2D eigenvalue weighted by molar-refractivity contribution is 5.93. The number of aryl methyl sites for hydroxylation is 1. The number of hydrogen-bond acceptors (Lipinski definition) is 1. The first-order valence-electron chi connectivity index (χ1n) is 7.76. The lowest BCUT2D eigenvalue weighted by Gasteiger charge is -2.13. The first kappa shape index (κ1) is 13.7. The van der Waals surface area contributed by atoms with E-state index in [1.807, 2.05) is 23.1 Å². The smallest absolute Gasteiger partial charge is 0.216 e. The predicted molar refractivity (Wildman–Crippen MR) is 92.1 cm³/mol. The summed E-state index contributed by atoms with van der Waals surface area (Å²) in [5.41, 5.74) is 4.75. The van der Waals surface area contributed by atoms with Gasteiger partial charge in [-0.25, -0.2) is 4.68 Å². The van der Waals surface area contributed by atoms with Gasteiger partial charge in [0.2, 0.25) is 5.69 Å². The van der Waals surface area contributed by atoms with Crippen molar-refractivity contribution in [3.63, 3.8) is 0 Å². The van der Waals surface area contributed by atoms with Gasteiger partial charge in [-0.2, -0.15) is 9.67 Å². The molecule has 4 aromatic rings. The van der Waals surface area contributed by atoms with Crippen molar-refractivity contribution < 1.29 is 4.57 Å². The molecule has 0 radical (unpaired) electrons. The van der Waals surface area contributed by atoms with E-state index in [9.17, 15) is 0 Å². The minimum Gasteiger partial charge on any atom is -0.240 e. The van der Waals surface area contributed by atoms with Gasteiger partial charge in [-0.3, -0.25) is 0 Å². The average Bonchev–Trinajstić information content (AvgIpc) is 3.09. The monoisotopic (exact) mass is 300 g/mol. The normalized spacial score (nSPS) is 11.0. The molecule has 0 bridgehead atoms. The lowest BCUT2D eigenvalue weighted by atomic mass is 10.0. The first-order valence-corrected chi connectivity index (χ1v) is 7.76. The van der Waals surface area contributed by atoms with Crippen molar-refractivity contribution in [2.45, 2.75) is 13.8 Å². The summed E-state index contributed by atoms with van der Waals surface area (Å²) < 4.78 is 4.19. The Kier molecular flexibility index (Phi) is 3.19. The molecule has 0 aliphatic carbocycles. The van der Waals surface area contributed by atoms with E-state index in [-0.39, 0.29) is 0 Å². The summed E-state index contributed by atoms with van der Waals surface area (Å²) in [7, 11) is 0. The Hall–Kier alpha value is -2.94. The molecule has 0 saturated heterocycles. The number of rotatable bonds is 2. The third-order valence-corrected chi connectivity index (χ3v) is 4.30. The summed E-state index contributed by atoms with van der Waals surface area (Å²) in [5.74, 6) is 0. The zero-order valence-electron chi connectivity index (χ0n) is 13.3. The van der Waals surface area contributed by atoms with E-state index in [1.54, 1.807) is 0 Å². The quantitative estimate of drug-likeness (QED) is 0.514. The second kappa shape index (κ2) is 5.36. The van der Waals surface area contributed by atoms with Crippen LogP contribution in [-0.4, -0.2) is 9.78 Å². The molecule has 0 N–H and O–H groups in total. The minimum absolute atomic E-state index is 1.14. The van der Waals surface area contributed by atoms with Crippen LogP contribution < -0.4 is 4.57 Å². The molecule has 0 aliphatic rings. The van der Waals surface area contributed by atoms with E-state index in [2.05, 4.69) is 78.2 Å². The number of benzene rings is 2. The van der Waals surface area contributed by atoms with E-state index in [1.165, 1.54) is 27.7 Å². The molecule has 0 aliphatic heterocycles. The van der Waals surface area contributed by atoms with Crippen LogP contribution in [0.5, 0.6) is 0 Å². The van der Waals surface area contributed by atoms with Crippen molar-refractivity contribution in [2.24, 2.45) is 0 Å². The SMILES string of the molecule is Cc1c(-[n+]2ccccc2C)cc2ccccc2c1-n1cccn1. The van der Waals surface area contributed by atoms with Crippen LogP contribution in [0.2, 0.25) is 0 Å². The number of nitrogens with zero attached hydrogens (tertiary/aromatic N) is 3. The zero-order chi connectivity index (χ0) is 15.8. The van der Waals surface area contributed by atoms with Crippen LogP contribution in [0.15, 0.2) is 73.2 Å². The maximum absolute atomic E-state index is 4.46. The topological polar surface area (TPSA) is 21.7 Å². The molecule has 2 aromatic heterocycles. The van der Waals surface area contributed by atoms with Gasteiger partial charge in [-0.1, -0.05) is 30.3 Å². The summed E-state index contributed by atoms with van der Waals surface area (Å²) in [6, 6.07) is 18.9. The molecule has 0 amide bonds. The maximum atomic E-state index is 4.46. The lowest BCUT2D eigenvalue weighted by Crippen LogP contribution is -2.34. The molecule has 0 spiro atoms. The summed E-state index contributed by atoms with van der Waals surface area (Å²) in [6.45, 7) is 4.29. The Morgan fingerprint density at radius 3 is 2.57 bits per heavy atom. The van der Waals surface area contributed by atoms with Crippen LogP contribution in [0.25, 0.3) is 22.1 Å². The van der Waals surface area contributed by atoms with Crippen LogP contribution in [0.3, 0.4) is 0 Å². The van der Waals surface area contributed by atoms with Gasteiger partial charge in [0.25, 0.3) is 0 Å². The molecule has 112 valence electrons. The minimum atomic E-state index is 1.14. The van der Waals surface area contributed by atoms with Gasteiger partial charge in [0.05, 0.1) is 5.69 Å². The van der Waals surface area contributed by atoms with Crippen molar-refractivity contribution in [3.8, 4) is 11.4 Å². The summed E-state index contributed by atoms with van der Waals surface area (Å²) in [5, 5.41) is 6.89. The van der Waals surface area contributed by atoms with Gasteiger partial charge < -0.3 is 0 Å². The van der Waals surface area contributed by atoms with Crippen molar-refractivity contribution in [1.82, 2.24) is 9.78 Å². The lowest BCUT2D eigenvalue weighted by molar-refractivity contribution is -0.603. The van der Waals surface area contributed by atoms with E-state index in [0.29, 0.717) is 0 Å². The molecule has 2 aromatic carbocycles. The van der Waals surface area contributed by atoms with Crippen LogP contribution in [-0.2, 0) is 0 Å². The number of pyridine rings is 1. The third-order valence-electron chi connectivity index (χ3n) is 4.30. The standard InChI is InChI=1S/C20H18N3/c1-15-8-5-6-12-22(15)19-14-17-9-3-4-10-18(17)20(16(19)2)23-13-7-11-21-23/h3-14H,1-2H3/q+1. The zero-order valence-corrected chi connectivity index (χ0v) is 13.3. The fraction of sp³-hybridized carbons (Fsp3) is 0.100. The van der Waals surface area contributed by atoms with Crippen LogP contribution >= 0.6 is 0 Å². The Labute approximate surface area is 135 Å². The van der Waals surface area contributed by atoms with Gasteiger partial charge in [-0.15, -0.1) is 0 Å². The number of hydrogen-bond donors (Lipinski definition) is 0. The van der Waals surface area contributed by atoms with Gasteiger partial charge >= 0.3 is 0 Å². The number of aromatic nitrogens is 3. The predicted octanol–water partition coefficient (Wildman–Crippen LogP) is 3.92. The molecule has 0 saturated carbocycles. The molecular weight excluding hydrogens is 282 g/mol. The van der Waals surface area contributed by atoms with Crippen molar-refractivity contribution in [3.05, 3.63) is 84.4 Å². The Morgan fingerprint density at radius 2 is 1.78 bits per heavy atom. The maximum Gasteiger partial charge on any atom is 0.216 e. The second-order valence-electron chi connectivity index (χ2n) is 5.75. The molecule has 2 heterocycles. The molecule has 0 unspecified atom stereocenters. The molecule has 3 nitrogen and oxygen atoms in total. The second-order valence-corrected chi connectivity index (χ2v) is 5.75. The summed E-state index contributed by atoms with van der Waals surface area (Å²) >= 11 is 0. The molecule has 0 fully saturated rings. The molecule has 3 heteroatoms. The van der Waals surface area contributed by atoms with Gasteiger partial charge in [0.1, 0.15) is 0 Å². The molecule has 4 rings (SSSR count). The van der Waals surface area contributed by atoms with Gasteiger partial charge in [0.15, 0.2) is 11.9 Å². The first-order chi connectivity index (χ1) is 11.3. The van der Waals surface area contributed by atoms with E-state index in [0.717, 1.165) is 5.69 Å². The Morgan fingerprint density at radius 1 is 0.957 bits per heavy atom. The largest absolute Gasteiger partial charge is 0.240 e. The Balaban J connectivity index is 2.12. The van der Waals surface area contributed by atoms with Crippen LogP contribution in [0.4, 0.5) is 0 Å². The number of fused-ring (bicyclic) bond motifs is 1. The molecule has 23 heavy (non-hydrogen) atoms. The third kappa shape index (κ3) is 2.21. The average molecular weight is 300 g/mol. The fourth-order valence-electron chi connectivity index (χ4n) is 3.16. The molecular formula is C20H18N3+. The van der Waals surface area contributed by atoms with Crippen LogP contribution in [0, 0.1) is 13.8 Å². The van der Waals surface area contributed by atoms with Crippen LogP contribution in [0.1, 0.15) is 11.3 Å². The summed E-state index contributed by atoms with van der Waals surface area (Å²) in [6.07, 6.45) is 5.93. The Bertz CT molecular complexity index is 985. The highest BCUT2D eigenvalue weighted by Gasteiger charge is 2.19. The van der Waals surface area contributed by atoms with E-state index >= 15 is 0 Å². The highest BCUT2D eigenvalue weighted by atomic mass is 15.3. The van der Waals surface area contributed by atoms with Crippen molar-refractivity contribution in [1.29, 1.82) is 0 Å². The van der Waals surface area contributed by atoms with Gasteiger partial charge in [0, 0.05) is 48.5 Å². The molecule has 0 atom stereocenters. The van der Waals surface area contributed by atoms with Crippen molar-refractivity contribution in [2.75, 3.05) is 0 Å². The summed E-state index contributed by atoms with van der Waals surface area (Å²) in [4.78, 5) is 0. The van der Waals surface area contributed by atoms with Gasteiger partial charge in [-0.05, 0) is 18.4 Å². The van der Waals surface area contributed by atoms with E-state index < -0.39 is 0 Å². The highest BCUT2D eigenvalue weighted by Crippen LogP contribution is 2.28. The fourth-order valence-corrected chi connectivity index (χ4v) is 3.16. The van der Waals surface area contributed by atoms with Crippen molar-refractivity contribution >= 4 is 10.8 Å². The van der Waals surface area contributed by atoms with E-state index in [4.69, 9.17) is 0 Å².